The van der Waals surface area contributed by atoms with Gasteiger partial charge in [-0.15, -0.1) is 0 Å². The predicted octanol–water partition coefficient (Wildman–Crippen LogP) is 22.3. The molecule has 2 saturated carbocycles. The molecule has 3 aliphatic heterocycles. The van der Waals surface area contributed by atoms with Gasteiger partial charge in [-0.1, -0.05) is 103 Å². The number of rotatable bonds is 20. The minimum absolute atomic E-state index is 0.0338. The highest BCUT2D eigenvalue weighted by atomic mass is 19.4. The van der Waals surface area contributed by atoms with E-state index in [9.17, 15) is 27.8 Å². The van der Waals surface area contributed by atoms with E-state index < -0.39 is 11.7 Å². The lowest BCUT2D eigenvalue weighted by molar-refractivity contribution is -0.137. The van der Waals surface area contributed by atoms with Crippen LogP contribution in [0, 0.1) is 19.7 Å². The van der Waals surface area contributed by atoms with Gasteiger partial charge in [-0.25, -0.2) is 29.3 Å². The summed E-state index contributed by atoms with van der Waals surface area (Å²) in [5.41, 5.74) is 32.7. The number of hydrogen-bond acceptors (Lipinski definition) is 18. The lowest BCUT2D eigenvalue weighted by atomic mass is 9.98. The van der Waals surface area contributed by atoms with Crippen molar-refractivity contribution in [2.75, 3.05) is 78.9 Å². The van der Waals surface area contributed by atoms with Crippen LogP contribution in [0.5, 0.6) is 0 Å². The second-order valence-electron chi connectivity index (χ2n) is 36.7. The lowest BCUT2D eigenvalue weighted by Gasteiger charge is -2.26. The van der Waals surface area contributed by atoms with Gasteiger partial charge in [0.05, 0.1) is 146 Å². The molecule has 2 aliphatic carbocycles. The molecule has 0 amide bonds. The Morgan fingerprint density at radius 1 is 0.301 bits per heavy atom. The molecule has 0 unspecified atom stereocenters. The van der Waals surface area contributed by atoms with E-state index in [-0.39, 0.29) is 19.0 Å². The van der Waals surface area contributed by atoms with E-state index in [0.29, 0.717) is 33.7 Å². The molecule has 0 atom stereocenters. The number of aryl methyl sites for hydroxylation is 2. The lowest BCUT2D eigenvalue weighted by Crippen LogP contribution is -2.35. The number of aliphatic hydroxyl groups excluding tert-OH is 2. The fraction of sp³-hybridized carbons (Fsp3) is 0.224. The van der Waals surface area contributed by atoms with Crippen LogP contribution >= 0.6 is 0 Å². The molecule has 143 heavy (non-hydrogen) atoms. The highest BCUT2D eigenvalue weighted by Crippen LogP contribution is 2.45. The average molecular weight is 1910 g/mol. The zero-order valence-electron chi connectivity index (χ0n) is 79.4. The third kappa shape index (κ3) is 21.5. The van der Waals surface area contributed by atoms with E-state index in [4.69, 9.17) is 24.2 Å². The molecule has 5 aliphatic rings. The van der Waals surface area contributed by atoms with E-state index in [1.165, 1.54) is 71.5 Å². The number of fused-ring (bicyclic) bond motifs is 5. The standard InChI is InChI=1S/C26H26N4O.C24H23FN4O.C24H24N4O.C22H19N3O.C20H14F3N3O/c1-3-20(19-6-7-19)15-21(4-1)26-24(5-2-10-27-26)22-8-9-25-28-16-23(30(25)17-22)18-29-11-13-31-14-12-29;1-17-13-18(4-6-22(17)25)24-21(3-2-8-26-24)19-5-7-23-27-14-20(29(23)15-19)16-28-9-11-30-12-10-28;1-18-4-2-5-19(14-18)24-22(6-3-9-25-24)20-7-8-23-26-15-21(28(23)16-20)17-27-10-12-29-13-11-27;26-14-19-12-24-21-9-8-18(13-25(19)21)20-5-2-10-23-22(20)17-4-1-3-16(11-17)15-6-7-15;21-20(22,23)15-4-1-3-13(9-15)19-17(5-2-8-24-19)14-6-7-18-25-10-16(12-27)26(18)11-14/h1-5,8-10,15-17,19H,6-7,11-14,18H2;2-8,13-15H,9-12,16H2,1H3;2-9,14-16H,10-13,17H2,1H3;1-5,8-13,15,26H,6-7,14H2;1-11,27H,12H2. The summed E-state index contributed by atoms with van der Waals surface area (Å²) in [6, 6.07) is 76.6. The summed E-state index contributed by atoms with van der Waals surface area (Å²) in [4.78, 5) is 52.7. The number of imidazole rings is 5. The van der Waals surface area contributed by atoms with Crippen molar-refractivity contribution in [1.82, 2.24) is 86.5 Å². The minimum atomic E-state index is -4.42. The minimum Gasteiger partial charge on any atom is -0.390 e. The van der Waals surface area contributed by atoms with Gasteiger partial charge in [0, 0.05) is 204 Å². The van der Waals surface area contributed by atoms with Crippen LogP contribution in [0.2, 0.25) is 0 Å². The molecule has 718 valence electrons. The summed E-state index contributed by atoms with van der Waals surface area (Å²) in [6.07, 6.45) is 29.3. The maximum atomic E-state index is 13.8. The molecule has 27 heteroatoms. The molecule has 20 aromatic rings. The molecule has 18 heterocycles. The van der Waals surface area contributed by atoms with E-state index >= 15 is 0 Å². The van der Waals surface area contributed by atoms with Gasteiger partial charge in [-0.3, -0.25) is 39.6 Å². The van der Waals surface area contributed by atoms with Gasteiger partial charge in [-0.05, 0) is 208 Å². The van der Waals surface area contributed by atoms with Crippen molar-refractivity contribution in [1.29, 1.82) is 0 Å². The fourth-order valence-corrected chi connectivity index (χ4v) is 19.0. The molecule has 5 fully saturated rings. The van der Waals surface area contributed by atoms with Gasteiger partial charge in [-0.2, -0.15) is 13.2 Å². The summed E-state index contributed by atoms with van der Waals surface area (Å²) in [6.45, 7) is 16.8. The SMILES string of the molecule is Cc1cc(-c2ncccc2-c2ccc3ncc(CN4CCOCC4)n3c2)ccc1F.Cc1cccc(-c2ncccc2-c2ccc3ncc(CN4CCOCC4)n3c2)c1.OCc1cnc2ccc(-c3cccnc3-c3cccc(C(F)(F)F)c3)cn12.OCc1cnc2ccc(-c3cccnc3-c3cccc(C4CC4)c3)cn12.c1cc(-c2ncccc2-c2ccc3ncc(CN4CCOCC4)n3c2)cc(C2CC2)c1. The number of hydrogen-bond donors (Lipinski definition) is 2. The van der Waals surface area contributed by atoms with E-state index in [1.54, 1.807) is 72.6 Å². The van der Waals surface area contributed by atoms with Crippen LogP contribution in [-0.4, -0.2) is 176 Å². The first-order valence-electron chi connectivity index (χ1n) is 48.5. The average Bonchev–Trinajstić information content (AvgIpc) is 1.70. The first-order chi connectivity index (χ1) is 70.1. The maximum Gasteiger partial charge on any atom is 0.416 e. The third-order valence-corrected chi connectivity index (χ3v) is 26.9. The second-order valence-corrected chi connectivity index (χ2v) is 36.7. The van der Waals surface area contributed by atoms with Crippen LogP contribution in [-0.2, 0) is 53.2 Å². The number of alkyl halides is 3. The molecule has 23 nitrogen and oxygen atoms in total. The van der Waals surface area contributed by atoms with E-state index in [0.717, 1.165) is 246 Å². The van der Waals surface area contributed by atoms with Gasteiger partial charge in [0.1, 0.15) is 34.1 Å². The molecule has 15 aromatic heterocycles. The van der Waals surface area contributed by atoms with Gasteiger partial charge in [0.25, 0.3) is 0 Å². The van der Waals surface area contributed by atoms with Crippen LogP contribution in [0.25, 0.3) is 140 Å². The Bertz CT molecular complexity index is 7920. The molecule has 2 N–H and O–H groups in total. The number of nitrogens with zero attached hydrogens (tertiary/aromatic N) is 18. The Morgan fingerprint density at radius 3 is 0.895 bits per heavy atom. The first kappa shape index (κ1) is 94.0. The van der Waals surface area contributed by atoms with E-state index in [1.807, 2.05) is 96.3 Å². The van der Waals surface area contributed by atoms with Crippen LogP contribution in [0.1, 0.15) is 93.8 Å². The summed E-state index contributed by atoms with van der Waals surface area (Å²) in [5, 5.41) is 19.0. The molecule has 3 saturated heterocycles. The number of aromatic nitrogens is 15. The Morgan fingerprint density at radius 2 is 0.587 bits per heavy atom. The monoisotopic (exact) mass is 1910 g/mol. The summed E-state index contributed by atoms with van der Waals surface area (Å²) >= 11 is 0. The number of aliphatic hydroxyl groups is 2. The normalized spacial score (nSPS) is 14.7. The molecule has 0 spiro atoms. The number of ether oxygens (including phenoxy) is 3. The van der Waals surface area contributed by atoms with E-state index in [2.05, 4.69) is 227 Å². The quantitative estimate of drug-likeness (QED) is 0.0676. The van der Waals surface area contributed by atoms with Crippen molar-refractivity contribution >= 4 is 28.2 Å². The number of benzene rings is 5. The highest BCUT2D eigenvalue weighted by molar-refractivity contribution is 5.86. The number of halogens is 4. The molecule has 0 radical (unpaired) electrons. The Labute approximate surface area is 824 Å². The van der Waals surface area contributed by atoms with Gasteiger partial charge >= 0.3 is 6.18 Å². The highest BCUT2D eigenvalue weighted by Gasteiger charge is 2.32. The zero-order chi connectivity index (χ0) is 97.3. The largest absolute Gasteiger partial charge is 0.416 e. The number of pyridine rings is 10. The fourth-order valence-electron chi connectivity index (χ4n) is 19.0. The summed E-state index contributed by atoms with van der Waals surface area (Å²) < 4.78 is 79.7. The van der Waals surface area contributed by atoms with Gasteiger partial charge in [0.15, 0.2) is 0 Å². The second kappa shape index (κ2) is 42.6. The topological polar surface area (TPSA) is 229 Å². The Kier molecular flexibility index (Phi) is 28.0. The van der Waals surface area contributed by atoms with Crippen LogP contribution < -0.4 is 0 Å². The van der Waals surface area contributed by atoms with Crippen LogP contribution in [0.4, 0.5) is 17.6 Å². The van der Waals surface area contributed by atoms with Crippen LogP contribution in [0.15, 0.2) is 330 Å². The predicted molar refractivity (Wildman–Crippen MR) is 548 cm³/mol. The third-order valence-electron chi connectivity index (χ3n) is 26.9. The Hall–Kier alpha value is -15.3. The van der Waals surface area contributed by atoms with Crippen molar-refractivity contribution in [3.05, 3.63) is 392 Å². The van der Waals surface area contributed by atoms with Crippen molar-refractivity contribution < 1.29 is 42.0 Å². The Balaban J connectivity index is 0.000000106. The molecular formula is C116H106F4N18O5. The maximum absolute atomic E-state index is 13.8. The van der Waals surface area contributed by atoms with Crippen LogP contribution in [0.3, 0.4) is 0 Å². The molecular weight excluding hydrogens is 1800 g/mol. The van der Waals surface area contributed by atoms with Crippen molar-refractivity contribution in [3.63, 3.8) is 0 Å². The summed E-state index contributed by atoms with van der Waals surface area (Å²) in [5.74, 6) is 1.25. The molecule has 0 bridgehead atoms. The van der Waals surface area contributed by atoms with Gasteiger partial charge in [0.2, 0.25) is 0 Å². The van der Waals surface area contributed by atoms with Crippen molar-refractivity contribution in [3.8, 4) is 112 Å². The van der Waals surface area contributed by atoms with Crippen molar-refractivity contribution in [2.24, 2.45) is 0 Å². The molecule has 25 rings (SSSR count). The molecule has 5 aromatic carbocycles. The zero-order valence-corrected chi connectivity index (χ0v) is 79.4. The first-order valence-corrected chi connectivity index (χ1v) is 48.5. The smallest absolute Gasteiger partial charge is 0.390 e. The summed E-state index contributed by atoms with van der Waals surface area (Å²) in [7, 11) is 0. The van der Waals surface area contributed by atoms with Crippen molar-refractivity contribution in [2.45, 2.75) is 90.4 Å². The number of morpholine rings is 3. The van der Waals surface area contributed by atoms with Gasteiger partial charge < -0.3 is 46.4 Å².